The van der Waals surface area contributed by atoms with Crippen LogP contribution in [0.4, 0.5) is 5.13 Å². The smallest absolute Gasteiger partial charge is 0.266 e. The summed E-state index contributed by atoms with van der Waals surface area (Å²) in [6.07, 6.45) is 4.95. The van der Waals surface area contributed by atoms with Crippen molar-refractivity contribution in [3.8, 4) is 0 Å². The number of piperidine rings is 1. The maximum Gasteiger partial charge on any atom is 0.266 e. The summed E-state index contributed by atoms with van der Waals surface area (Å²) in [5.41, 5.74) is 1.81. The van der Waals surface area contributed by atoms with Gasteiger partial charge in [0.25, 0.3) is 5.91 Å². The van der Waals surface area contributed by atoms with E-state index in [-0.39, 0.29) is 11.9 Å². The fourth-order valence-corrected chi connectivity index (χ4v) is 4.73. The monoisotopic (exact) mass is 372 g/mol. The van der Waals surface area contributed by atoms with Crippen LogP contribution in [0.25, 0.3) is 0 Å². The highest BCUT2D eigenvalue weighted by Gasteiger charge is 2.32. The summed E-state index contributed by atoms with van der Waals surface area (Å²) in [5.74, 6) is 0.0925. The maximum absolute atomic E-state index is 13.3. The second-order valence-corrected chi connectivity index (χ2v) is 7.75. The van der Waals surface area contributed by atoms with Gasteiger partial charge in [0.05, 0.1) is 30.6 Å². The minimum absolute atomic E-state index is 0.0609. The van der Waals surface area contributed by atoms with Gasteiger partial charge >= 0.3 is 0 Å². The molecule has 0 bridgehead atoms. The Kier molecular flexibility index (Phi) is 5.17. The Morgan fingerprint density at radius 1 is 1.23 bits per heavy atom. The highest BCUT2D eigenvalue weighted by atomic mass is 32.1. The van der Waals surface area contributed by atoms with Crippen LogP contribution in [0.1, 0.15) is 46.4 Å². The van der Waals surface area contributed by atoms with Gasteiger partial charge in [0.2, 0.25) is 0 Å². The SMILES string of the molecule is Cc1nc(N2CCOCC2)sc1C(=O)N1CCCCC1c1ccccn1. The number of aryl methyl sites for hydroxylation is 1. The van der Waals surface area contributed by atoms with Gasteiger partial charge in [0, 0.05) is 25.8 Å². The number of carbonyl (C=O) groups excluding carboxylic acids is 1. The van der Waals surface area contributed by atoms with Crippen LogP contribution in [0, 0.1) is 6.92 Å². The molecule has 1 unspecified atom stereocenters. The van der Waals surface area contributed by atoms with Crippen LogP contribution >= 0.6 is 11.3 Å². The average Bonchev–Trinajstić information content (AvgIpc) is 3.10. The molecule has 2 aromatic heterocycles. The molecule has 6 nitrogen and oxygen atoms in total. The van der Waals surface area contributed by atoms with E-state index in [2.05, 4.69) is 14.9 Å². The van der Waals surface area contributed by atoms with Gasteiger partial charge in [-0.15, -0.1) is 0 Å². The molecule has 2 aliphatic rings. The van der Waals surface area contributed by atoms with Crippen LogP contribution in [-0.4, -0.2) is 53.6 Å². The minimum atomic E-state index is 0.0609. The number of nitrogens with zero attached hydrogens (tertiary/aromatic N) is 4. The number of morpholine rings is 1. The van der Waals surface area contributed by atoms with E-state index in [1.165, 1.54) is 11.3 Å². The minimum Gasteiger partial charge on any atom is -0.378 e. The number of anilines is 1. The van der Waals surface area contributed by atoms with Crippen LogP contribution in [0.2, 0.25) is 0 Å². The molecule has 0 aliphatic carbocycles. The van der Waals surface area contributed by atoms with Crippen LogP contribution in [-0.2, 0) is 4.74 Å². The van der Waals surface area contributed by atoms with Crippen LogP contribution in [0.3, 0.4) is 0 Å². The average molecular weight is 372 g/mol. The lowest BCUT2D eigenvalue weighted by molar-refractivity contribution is 0.0610. The molecule has 0 saturated carbocycles. The normalized spacial score (nSPS) is 21.0. The molecule has 7 heteroatoms. The van der Waals surface area contributed by atoms with Gasteiger partial charge in [-0.1, -0.05) is 17.4 Å². The number of thiazole rings is 1. The highest BCUT2D eigenvalue weighted by Crippen LogP contribution is 2.34. The number of rotatable bonds is 3. The second-order valence-electron chi connectivity index (χ2n) is 6.78. The van der Waals surface area contributed by atoms with Gasteiger partial charge in [-0.25, -0.2) is 4.98 Å². The first-order chi connectivity index (χ1) is 12.7. The molecule has 2 saturated heterocycles. The Balaban J connectivity index is 1.58. The molecule has 1 atom stereocenters. The zero-order valence-electron chi connectivity index (χ0n) is 15.1. The number of ether oxygens (including phenoxy) is 1. The largest absolute Gasteiger partial charge is 0.378 e. The molecule has 1 amide bonds. The standard InChI is InChI=1S/C19H24N4O2S/c1-14-17(26-19(21-14)22-10-12-25-13-11-22)18(24)23-9-5-3-7-16(23)15-6-2-4-8-20-15/h2,4,6,8,16H,3,5,7,9-13H2,1H3. The Labute approximate surface area is 157 Å². The van der Waals surface area contributed by atoms with Gasteiger partial charge < -0.3 is 14.5 Å². The van der Waals surface area contributed by atoms with Gasteiger partial charge in [-0.3, -0.25) is 9.78 Å². The summed E-state index contributed by atoms with van der Waals surface area (Å²) in [5, 5.41) is 0.931. The molecular formula is C19H24N4O2S. The molecule has 0 radical (unpaired) electrons. The van der Waals surface area contributed by atoms with E-state index in [1.807, 2.05) is 30.0 Å². The van der Waals surface area contributed by atoms with E-state index in [0.717, 1.165) is 73.5 Å². The van der Waals surface area contributed by atoms with Gasteiger partial charge in [-0.05, 0) is 38.3 Å². The number of aromatic nitrogens is 2. The third-order valence-corrected chi connectivity index (χ3v) is 6.26. The summed E-state index contributed by atoms with van der Waals surface area (Å²) in [7, 11) is 0. The lowest BCUT2D eigenvalue weighted by Crippen LogP contribution is -2.38. The first-order valence-corrected chi connectivity index (χ1v) is 10.1. The van der Waals surface area contributed by atoms with Crippen molar-refractivity contribution in [3.63, 3.8) is 0 Å². The predicted octanol–water partition coefficient (Wildman–Crippen LogP) is 3.05. The zero-order valence-corrected chi connectivity index (χ0v) is 15.9. The summed E-state index contributed by atoms with van der Waals surface area (Å²) >= 11 is 1.51. The Morgan fingerprint density at radius 3 is 2.85 bits per heavy atom. The predicted molar refractivity (Wildman–Crippen MR) is 102 cm³/mol. The number of hydrogen-bond donors (Lipinski definition) is 0. The molecular weight excluding hydrogens is 348 g/mol. The third-order valence-electron chi connectivity index (χ3n) is 5.05. The summed E-state index contributed by atoms with van der Waals surface area (Å²) in [4.78, 5) is 27.5. The van der Waals surface area contributed by atoms with Gasteiger partial charge in [-0.2, -0.15) is 0 Å². The Bertz CT molecular complexity index is 758. The van der Waals surface area contributed by atoms with Crippen LogP contribution in [0.15, 0.2) is 24.4 Å². The fraction of sp³-hybridized carbons (Fsp3) is 0.526. The van der Waals surface area contributed by atoms with Crippen molar-refractivity contribution >= 4 is 22.4 Å². The van der Waals surface area contributed by atoms with Crippen molar-refractivity contribution < 1.29 is 9.53 Å². The number of carbonyl (C=O) groups is 1. The fourth-order valence-electron chi connectivity index (χ4n) is 3.66. The molecule has 0 aromatic carbocycles. The summed E-state index contributed by atoms with van der Waals surface area (Å²) < 4.78 is 5.42. The first-order valence-electron chi connectivity index (χ1n) is 9.26. The Morgan fingerprint density at radius 2 is 2.08 bits per heavy atom. The lowest BCUT2D eigenvalue weighted by Gasteiger charge is -2.35. The summed E-state index contributed by atoms with van der Waals surface area (Å²) in [6, 6.07) is 5.99. The van der Waals surface area contributed by atoms with E-state index in [9.17, 15) is 4.79 Å². The number of pyridine rings is 1. The molecule has 4 rings (SSSR count). The zero-order chi connectivity index (χ0) is 17.9. The quantitative estimate of drug-likeness (QED) is 0.829. The van der Waals surface area contributed by atoms with Crippen molar-refractivity contribution in [3.05, 3.63) is 40.7 Å². The molecule has 0 N–H and O–H groups in total. The number of hydrogen-bond acceptors (Lipinski definition) is 6. The first kappa shape index (κ1) is 17.4. The molecule has 138 valence electrons. The van der Waals surface area contributed by atoms with E-state index in [4.69, 9.17) is 4.74 Å². The van der Waals surface area contributed by atoms with Crippen molar-refractivity contribution in [1.82, 2.24) is 14.9 Å². The molecule has 2 aliphatic heterocycles. The molecule has 4 heterocycles. The van der Waals surface area contributed by atoms with Crippen molar-refractivity contribution in [2.24, 2.45) is 0 Å². The molecule has 26 heavy (non-hydrogen) atoms. The van der Waals surface area contributed by atoms with Gasteiger partial charge in [0.15, 0.2) is 5.13 Å². The van der Waals surface area contributed by atoms with Crippen molar-refractivity contribution in [2.75, 3.05) is 37.7 Å². The van der Waals surface area contributed by atoms with E-state index >= 15 is 0 Å². The topological polar surface area (TPSA) is 58.6 Å². The highest BCUT2D eigenvalue weighted by molar-refractivity contribution is 7.17. The van der Waals surface area contributed by atoms with E-state index in [0.29, 0.717) is 0 Å². The number of likely N-dealkylation sites (tertiary alicyclic amines) is 1. The lowest BCUT2D eigenvalue weighted by atomic mass is 9.98. The second kappa shape index (κ2) is 7.72. The van der Waals surface area contributed by atoms with Crippen molar-refractivity contribution in [1.29, 1.82) is 0 Å². The van der Waals surface area contributed by atoms with Crippen LogP contribution in [0.5, 0.6) is 0 Å². The molecule has 2 aromatic rings. The maximum atomic E-state index is 13.3. The summed E-state index contributed by atoms with van der Waals surface area (Å²) in [6.45, 7) is 5.82. The molecule has 0 spiro atoms. The van der Waals surface area contributed by atoms with Crippen molar-refractivity contribution in [2.45, 2.75) is 32.2 Å². The van der Waals surface area contributed by atoms with E-state index < -0.39 is 0 Å². The third kappa shape index (κ3) is 3.46. The molecule has 2 fully saturated rings. The van der Waals surface area contributed by atoms with E-state index in [1.54, 1.807) is 6.20 Å². The van der Waals surface area contributed by atoms with Gasteiger partial charge in [0.1, 0.15) is 4.88 Å². The number of amides is 1. The Hall–Kier alpha value is -1.99. The van der Waals surface area contributed by atoms with Crippen LogP contribution < -0.4 is 4.90 Å².